The Bertz CT molecular complexity index is 250. The summed E-state index contributed by atoms with van der Waals surface area (Å²) in [6, 6.07) is 0.918. The van der Waals surface area contributed by atoms with Crippen molar-refractivity contribution in [3.8, 4) is 0 Å². The van der Waals surface area contributed by atoms with Gasteiger partial charge < -0.3 is 9.74 Å². The van der Waals surface area contributed by atoms with Crippen LogP contribution >= 0.6 is 12.2 Å². The normalized spacial score (nSPS) is 27.1. The Morgan fingerprint density at radius 1 is 1.38 bits per heavy atom. The third kappa shape index (κ3) is 3.62. The lowest BCUT2D eigenvalue weighted by molar-refractivity contribution is 0.252. The van der Waals surface area contributed by atoms with Crippen LogP contribution in [0.1, 0.15) is 33.6 Å². The van der Waals surface area contributed by atoms with E-state index in [1.165, 1.54) is 6.42 Å². The van der Waals surface area contributed by atoms with Gasteiger partial charge in [-0.05, 0) is 36.3 Å². The van der Waals surface area contributed by atoms with E-state index in [0.717, 1.165) is 13.0 Å². The Morgan fingerprint density at radius 2 is 2.00 bits per heavy atom. The lowest BCUT2D eigenvalue weighted by atomic mass is 10.2. The number of rotatable bonds is 4. The molecule has 16 heavy (non-hydrogen) atoms. The molecular formula is C12H25NOSSi. The van der Waals surface area contributed by atoms with Crippen molar-refractivity contribution in [1.29, 1.82) is 0 Å². The maximum atomic E-state index is 6.20. The van der Waals surface area contributed by atoms with Gasteiger partial charge in [0.1, 0.15) is 0 Å². The first-order chi connectivity index (χ1) is 7.26. The second-order valence-electron chi connectivity index (χ2n) is 6.25. The molecule has 1 unspecified atom stereocenters. The average molecular weight is 259 g/mol. The van der Waals surface area contributed by atoms with Gasteiger partial charge in [0.05, 0.1) is 0 Å². The van der Waals surface area contributed by atoms with Crippen molar-refractivity contribution in [2.24, 2.45) is 0 Å². The highest BCUT2D eigenvalue weighted by atomic mass is 32.1. The molecule has 1 N–H and O–H groups in total. The van der Waals surface area contributed by atoms with E-state index < -0.39 is 8.32 Å². The molecule has 0 aromatic heterocycles. The van der Waals surface area contributed by atoms with Gasteiger partial charge >= 0.3 is 0 Å². The maximum absolute atomic E-state index is 6.20. The van der Waals surface area contributed by atoms with Crippen LogP contribution in [0.15, 0.2) is 0 Å². The van der Waals surface area contributed by atoms with E-state index in [9.17, 15) is 0 Å². The zero-order valence-corrected chi connectivity index (χ0v) is 13.0. The molecule has 2 atom stereocenters. The summed E-state index contributed by atoms with van der Waals surface area (Å²) in [6.45, 7) is 12.3. The molecule has 1 rings (SSSR count). The third-order valence-electron chi connectivity index (χ3n) is 3.89. The van der Waals surface area contributed by atoms with E-state index in [1.807, 2.05) is 5.37 Å². The molecule has 0 aliphatic carbocycles. The summed E-state index contributed by atoms with van der Waals surface area (Å²) in [7, 11) is -1.58. The van der Waals surface area contributed by atoms with E-state index in [4.69, 9.17) is 16.6 Å². The molecule has 0 spiro atoms. The standard InChI is InChI=1S/C12H25NOSSi/c1-12(2,3)16(4,5)14-8-10-6-7-11(9-15)13-10/h9-11,13H,6-8H2,1-5H3/t10-,11?/m0/s1. The molecule has 2 nitrogen and oxygen atoms in total. The van der Waals surface area contributed by atoms with Gasteiger partial charge in [-0.3, -0.25) is 0 Å². The number of thiocarbonyl (C=S) groups is 1. The summed E-state index contributed by atoms with van der Waals surface area (Å²) in [5.74, 6) is 0. The van der Waals surface area contributed by atoms with Gasteiger partial charge in [-0.15, -0.1) is 0 Å². The van der Waals surface area contributed by atoms with E-state index in [1.54, 1.807) is 0 Å². The van der Waals surface area contributed by atoms with Crippen LogP contribution in [0, 0.1) is 0 Å². The van der Waals surface area contributed by atoms with Crippen molar-refractivity contribution in [2.75, 3.05) is 6.61 Å². The van der Waals surface area contributed by atoms with Gasteiger partial charge in [-0.1, -0.05) is 33.0 Å². The largest absolute Gasteiger partial charge is 0.415 e. The lowest BCUT2D eigenvalue weighted by Gasteiger charge is -2.37. The van der Waals surface area contributed by atoms with Gasteiger partial charge in [0.25, 0.3) is 0 Å². The molecule has 1 fully saturated rings. The summed E-state index contributed by atoms with van der Waals surface area (Å²) in [5.41, 5.74) is 0. The van der Waals surface area contributed by atoms with Gasteiger partial charge in [0, 0.05) is 18.7 Å². The van der Waals surface area contributed by atoms with E-state index in [0.29, 0.717) is 17.1 Å². The summed E-state index contributed by atoms with van der Waals surface area (Å²) < 4.78 is 6.20. The quantitative estimate of drug-likeness (QED) is 0.619. The van der Waals surface area contributed by atoms with E-state index in [2.05, 4.69) is 39.2 Å². The number of nitrogens with one attached hydrogen (secondary N) is 1. The predicted molar refractivity (Wildman–Crippen MR) is 76.7 cm³/mol. The minimum atomic E-state index is -1.58. The summed E-state index contributed by atoms with van der Waals surface area (Å²) in [6.07, 6.45) is 2.35. The highest BCUT2D eigenvalue weighted by molar-refractivity contribution is 7.79. The number of hydrogen-bond acceptors (Lipinski definition) is 3. The van der Waals surface area contributed by atoms with Crippen LogP contribution in [0.25, 0.3) is 0 Å². The van der Waals surface area contributed by atoms with Gasteiger partial charge in [0.2, 0.25) is 0 Å². The lowest BCUT2D eigenvalue weighted by Crippen LogP contribution is -2.44. The summed E-state index contributed by atoms with van der Waals surface area (Å²) >= 11 is 4.96. The molecule has 0 bridgehead atoms. The molecule has 0 saturated carbocycles. The van der Waals surface area contributed by atoms with Crippen molar-refractivity contribution in [3.05, 3.63) is 0 Å². The fourth-order valence-electron chi connectivity index (χ4n) is 1.61. The first kappa shape index (κ1) is 14.3. The van der Waals surface area contributed by atoms with Crippen molar-refractivity contribution < 1.29 is 4.43 Å². The van der Waals surface area contributed by atoms with Crippen LogP contribution in [0.3, 0.4) is 0 Å². The smallest absolute Gasteiger partial charge is 0.192 e. The van der Waals surface area contributed by atoms with Crippen LogP contribution in [0.5, 0.6) is 0 Å². The highest BCUT2D eigenvalue weighted by Crippen LogP contribution is 2.36. The second kappa shape index (κ2) is 5.25. The molecule has 4 heteroatoms. The first-order valence-corrected chi connectivity index (χ1v) is 9.49. The summed E-state index contributed by atoms with van der Waals surface area (Å²) in [4.78, 5) is 0. The van der Waals surface area contributed by atoms with Gasteiger partial charge in [-0.2, -0.15) is 0 Å². The zero-order valence-electron chi connectivity index (χ0n) is 11.2. The Kier molecular flexibility index (Phi) is 4.69. The fraction of sp³-hybridized carbons (Fsp3) is 0.917. The monoisotopic (exact) mass is 259 g/mol. The average Bonchev–Trinajstić information content (AvgIpc) is 2.60. The Morgan fingerprint density at radius 3 is 2.44 bits per heavy atom. The SMILES string of the molecule is CC(C)(C)[Si](C)(C)OC[C@@H]1CCC(C=S)N1. The van der Waals surface area contributed by atoms with Crippen molar-refractivity contribution >= 4 is 25.9 Å². The topological polar surface area (TPSA) is 21.3 Å². The van der Waals surface area contributed by atoms with Crippen LogP contribution in [-0.4, -0.2) is 32.4 Å². The highest BCUT2D eigenvalue weighted by Gasteiger charge is 2.38. The van der Waals surface area contributed by atoms with Gasteiger partial charge in [0.15, 0.2) is 8.32 Å². The van der Waals surface area contributed by atoms with Crippen LogP contribution < -0.4 is 5.32 Å². The van der Waals surface area contributed by atoms with Crippen LogP contribution in [0.4, 0.5) is 0 Å². The van der Waals surface area contributed by atoms with Crippen LogP contribution in [-0.2, 0) is 4.43 Å². The fourth-order valence-corrected chi connectivity index (χ4v) is 2.88. The number of hydrogen-bond donors (Lipinski definition) is 1. The predicted octanol–water partition coefficient (Wildman–Crippen LogP) is 3.13. The van der Waals surface area contributed by atoms with Crippen LogP contribution in [0.2, 0.25) is 18.1 Å². The molecule has 1 aliphatic rings. The van der Waals surface area contributed by atoms with E-state index >= 15 is 0 Å². The maximum Gasteiger partial charge on any atom is 0.192 e. The first-order valence-electron chi connectivity index (χ1n) is 6.11. The van der Waals surface area contributed by atoms with Crippen molar-refractivity contribution in [3.63, 3.8) is 0 Å². The molecule has 0 amide bonds. The van der Waals surface area contributed by atoms with Crippen molar-refractivity contribution in [2.45, 2.75) is 63.8 Å². The Labute approximate surface area is 106 Å². The Balaban J connectivity index is 2.38. The molecular weight excluding hydrogens is 234 g/mol. The third-order valence-corrected chi connectivity index (χ3v) is 8.72. The molecule has 94 valence electrons. The minimum Gasteiger partial charge on any atom is -0.415 e. The zero-order chi connectivity index (χ0) is 12.4. The van der Waals surface area contributed by atoms with E-state index in [-0.39, 0.29) is 0 Å². The Hall–Kier alpha value is 0.227. The molecule has 1 heterocycles. The van der Waals surface area contributed by atoms with Crippen molar-refractivity contribution in [1.82, 2.24) is 5.32 Å². The van der Waals surface area contributed by atoms with Gasteiger partial charge in [-0.25, -0.2) is 0 Å². The minimum absolute atomic E-state index is 0.301. The molecule has 1 saturated heterocycles. The molecule has 0 aromatic carbocycles. The summed E-state index contributed by atoms with van der Waals surface area (Å²) in [5, 5.41) is 5.64. The molecule has 0 aromatic rings. The molecule has 1 aliphatic heterocycles. The second-order valence-corrected chi connectivity index (χ2v) is 11.3. The molecule has 0 radical (unpaired) electrons.